The van der Waals surface area contributed by atoms with E-state index in [0.29, 0.717) is 11.5 Å². The molecular formula is C16H16FN3. The van der Waals surface area contributed by atoms with Crippen molar-refractivity contribution < 1.29 is 4.39 Å². The van der Waals surface area contributed by atoms with Gasteiger partial charge in [0.1, 0.15) is 5.82 Å². The molecular weight excluding hydrogens is 253 g/mol. The highest BCUT2D eigenvalue weighted by molar-refractivity contribution is 5.82. The van der Waals surface area contributed by atoms with Crippen molar-refractivity contribution >= 4 is 17.0 Å². The van der Waals surface area contributed by atoms with E-state index in [1.807, 2.05) is 42.7 Å². The van der Waals surface area contributed by atoms with Crippen LogP contribution in [0, 0.1) is 12.7 Å². The molecule has 3 aromatic rings. The van der Waals surface area contributed by atoms with Crippen molar-refractivity contribution in [3.8, 4) is 0 Å². The number of hydrogen-bond donors (Lipinski definition) is 1. The zero-order chi connectivity index (χ0) is 14.3. The first-order valence-corrected chi connectivity index (χ1v) is 6.57. The fourth-order valence-electron chi connectivity index (χ4n) is 2.68. The molecule has 1 unspecified atom stereocenters. The van der Waals surface area contributed by atoms with Gasteiger partial charge < -0.3 is 10.3 Å². The van der Waals surface area contributed by atoms with Crippen molar-refractivity contribution in [3.05, 3.63) is 59.4 Å². The quantitative estimate of drug-likeness (QED) is 0.771. The number of imidazole rings is 1. The fourth-order valence-corrected chi connectivity index (χ4v) is 2.68. The van der Waals surface area contributed by atoms with E-state index >= 15 is 0 Å². The van der Waals surface area contributed by atoms with Crippen LogP contribution in [0.2, 0.25) is 0 Å². The molecule has 0 saturated heterocycles. The zero-order valence-electron chi connectivity index (χ0n) is 11.5. The van der Waals surface area contributed by atoms with Gasteiger partial charge in [-0.05, 0) is 31.5 Å². The third kappa shape index (κ3) is 1.84. The molecule has 0 saturated carbocycles. The Hall–Kier alpha value is -2.36. The van der Waals surface area contributed by atoms with Gasteiger partial charge in [0.2, 0.25) is 5.95 Å². The van der Waals surface area contributed by atoms with E-state index < -0.39 is 0 Å². The molecule has 0 bridgehead atoms. The van der Waals surface area contributed by atoms with Gasteiger partial charge in [-0.2, -0.15) is 0 Å². The Morgan fingerprint density at radius 3 is 2.65 bits per heavy atom. The molecule has 1 heterocycles. The number of nitrogens with two attached hydrogens (primary N) is 1. The van der Waals surface area contributed by atoms with Crippen molar-refractivity contribution in [1.82, 2.24) is 9.55 Å². The summed E-state index contributed by atoms with van der Waals surface area (Å²) in [5.74, 6) is 0.180. The number of para-hydroxylation sites is 1. The summed E-state index contributed by atoms with van der Waals surface area (Å²) in [6, 6.07) is 12.4. The molecule has 1 aromatic heterocycles. The van der Waals surface area contributed by atoms with Crippen LogP contribution < -0.4 is 5.73 Å². The fraction of sp³-hybridized carbons (Fsp3) is 0.188. The molecule has 0 aliphatic rings. The number of aryl methyl sites for hydroxylation is 1. The first-order valence-electron chi connectivity index (χ1n) is 6.57. The van der Waals surface area contributed by atoms with E-state index in [4.69, 9.17) is 5.73 Å². The molecule has 102 valence electrons. The third-order valence-corrected chi connectivity index (χ3v) is 3.68. The first-order chi connectivity index (χ1) is 9.59. The second kappa shape index (κ2) is 4.63. The Kier molecular flexibility index (Phi) is 2.93. The molecule has 20 heavy (non-hydrogen) atoms. The molecule has 0 aliphatic heterocycles. The smallest absolute Gasteiger partial charge is 0.201 e. The van der Waals surface area contributed by atoms with Crippen molar-refractivity contribution in [3.63, 3.8) is 0 Å². The summed E-state index contributed by atoms with van der Waals surface area (Å²) in [5.41, 5.74) is 9.53. The number of rotatable bonds is 2. The molecule has 2 aromatic carbocycles. The molecule has 3 rings (SSSR count). The van der Waals surface area contributed by atoms with Gasteiger partial charge >= 0.3 is 0 Å². The van der Waals surface area contributed by atoms with Crippen molar-refractivity contribution in [2.24, 2.45) is 0 Å². The number of nitrogens with zero attached hydrogens (tertiary/aromatic N) is 2. The molecule has 1 atom stereocenters. The maximum Gasteiger partial charge on any atom is 0.201 e. The highest BCUT2D eigenvalue weighted by Crippen LogP contribution is 2.30. The van der Waals surface area contributed by atoms with Crippen LogP contribution in [0.25, 0.3) is 11.0 Å². The van der Waals surface area contributed by atoms with E-state index in [0.717, 1.165) is 16.6 Å². The summed E-state index contributed by atoms with van der Waals surface area (Å²) in [5, 5.41) is 0. The Morgan fingerprint density at radius 1 is 1.15 bits per heavy atom. The van der Waals surface area contributed by atoms with Crippen molar-refractivity contribution in [1.29, 1.82) is 0 Å². The van der Waals surface area contributed by atoms with Gasteiger partial charge in [0, 0.05) is 5.56 Å². The van der Waals surface area contributed by atoms with Crippen LogP contribution in [0.15, 0.2) is 42.5 Å². The van der Waals surface area contributed by atoms with Crippen LogP contribution >= 0.6 is 0 Å². The summed E-state index contributed by atoms with van der Waals surface area (Å²) in [7, 11) is 0. The van der Waals surface area contributed by atoms with Crippen LogP contribution in [0.1, 0.15) is 24.1 Å². The maximum absolute atomic E-state index is 14.0. The Labute approximate surface area is 116 Å². The standard InChI is InChI=1S/C16H16FN3/c1-10-6-5-9-14-15(10)20(16(18)19-14)11(2)12-7-3-4-8-13(12)17/h3-9,11H,1-2H3,(H2,18,19). The molecule has 0 aliphatic carbocycles. The van der Waals surface area contributed by atoms with Gasteiger partial charge in [0.25, 0.3) is 0 Å². The van der Waals surface area contributed by atoms with Crippen molar-refractivity contribution in [2.45, 2.75) is 19.9 Å². The minimum absolute atomic E-state index is 0.206. The average molecular weight is 269 g/mol. The van der Waals surface area contributed by atoms with Crippen LogP contribution in [0.3, 0.4) is 0 Å². The van der Waals surface area contributed by atoms with Gasteiger partial charge in [-0.1, -0.05) is 30.3 Å². The predicted molar refractivity (Wildman–Crippen MR) is 79.1 cm³/mol. The molecule has 0 fully saturated rings. The summed E-state index contributed by atoms with van der Waals surface area (Å²) in [6.07, 6.45) is 0. The van der Waals surface area contributed by atoms with E-state index in [1.165, 1.54) is 6.07 Å². The van der Waals surface area contributed by atoms with Gasteiger partial charge in [-0.25, -0.2) is 9.37 Å². The second-order valence-electron chi connectivity index (χ2n) is 4.98. The number of halogens is 1. The lowest BCUT2D eigenvalue weighted by Gasteiger charge is -2.18. The molecule has 0 amide bonds. The SMILES string of the molecule is Cc1cccc2nc(N)n(C(C)c3ccccc3F)c12. The average Bonchev–Trinajstić information content (AvgIpc) is 2.76. The highest BCUT2D eigenvalue weighted by atomic mass is 19.1. The topological polar surface area (TPSA) is 43.8 Å². The van der Waals surface area contributed by atoms with Crippen LogP contribution in [-0.2, 0) is 0 Å². The molecule has 2 N–H and O–H groups in total. The molecule has 4 heteroatoms. The Bertz CT molecular complexity index is 776. The van der Waals surface area contributed by atoms with E-state index in [9.17, 15) is 4.39 Å². The Balaban J connectivity index is 2.24. The third-order valence-electron chi connectivity index (χ3n) is 3.68. The lowest BCUT2D eigenvalue weighted by molar-refractivity contribution is 0.567. The first kappa shape index (κ1) is 12.7. The van der Waals surface area contributed by atoms with E-state index in [-0.39, 0.29) is 11.9 Å². The van der Waals surface area contributed by atoms with Crippen LogP contribution in [0.5, 0.6) is 0 Å². The minimum Gasteiger partial charge on any atom is -0.369 e. The number of aromatic nitrogens is 2. The number of fused-ring (bicyclic) bond motifs is 1. The number of anilines is 1. The Morgan fingerprint density at radius 2 is 1.90 bits per heavy atom. The number of hydrogen-bond acceptors (Lipinski definition) is 2. The lowest BCUT2D eigenvalue weighted by Crippen LogP contribution is -2.12. The maximum atomic E-state index is 14.0. The van der Waals surface area contributed by atoms with Gasteiger partial charge in [0.05, 0.1) is 17.1 Å². The van der Waals surface area contributed by atoms with Crippen LogP contribution in [0.4, 0.5) is 10.3 Å². The molecule has 0 radical (unpaired) electrons. The van der Waals surface area contributed by atoms with E-state index in [2.05, 4.69) is 4.98 Å². The van der Waals surface area contributed by atoms with Gasteiger partial charge in [-0.3, -0.25) is 0 Å². The van der Waals surface area contributed by atoms with Crippen LogP contribution in [-0.4, -0.2) is 9.55 Å². The summed E-state index contributed by atoms with van der Waals surface area (Å²) < 4.78 is 15.9. The largest absolute Gasteiger partial charge is 0.369 e. The second-order valence-corrected chi connectivity index (χ2v) is 4.98. The highest BCUT2D eigenvalue weighted by Gasteiger charge is 2.19. The van der Waals surface area contributed by atoms with E-state index in [1.54, 1.807) is 12.1 Å². The van der Waals surface area contributed by atoms with Gasteiger partial charge in [-0.15, -0.1) is 0 Å². The zero-order valence-corrected chi connectivity index (χ0v) is 11.5. The number of benzene rings is 2. The predicted octanol–water partition coefficient (Wildman–Crippen LogP) is 3.68. The molecule has 0 spiro atoms. The normalized spacial score (nSPS) is 12.8. The molecule has 3 nitrogen and oxygen atoms in total. The monoisotopic (exact) mass is 269 g/mol. The van der Waals surface area contributed by atoms with Gasteiger partial charge in [0.15, 0.2) is 0 Å². The lowest BCUT2D eigenvalue weighted by atomic mass is 10.1. The number of nitrogen functional groups attached to an aromatic ring is 1. The summed E-state index contributed by atoms with van der Waals surface area (Å²) >= 11 is 0. The minimum atomic E-state index is -0.227. The van der Waals surface area contributed by atoms with Crippen molar-refractivity contribution in [2.75, 3.05) is 5.73 Å². The summed E-state index contributed by atoms with van der Waals surface area (Å²) in [6.45, 7) is 3.94. The summed E-state index contributed by atoms with van der Waals surface area (Å²) in [4.78, 5) is 4.37.